The van der Waals surface area contributed by atoms with E-state index >= 15 is 0 Å². The zero-order valence-electron chi connectivity index (χ0n) is 17.2. The van der Waals surface area contributed by atoms with Gasteiger partial charge >= 0.3 is 0 Å². The minimum Gasteiger partial charge on any atom is -0.254 e. The Labute approximate surface area is 172 Å². The minimum atomic E-state index is 0.0772. The molecule has 1 fully saturated rings. The minimum absolute atomic E-state index is 0.0772. The van der Waals surface area contributed by atoms with E-state index in [1.54, 1.807) is 0 Å². The number of aromatic nitrogens is 2. The predicted molar refractivity (Wildman–Crippen MR) is 120 cm³/mol. The Morgan fingerprint density at radius 3 is 2.55 bits per heavy atom. The number of pyridine rings is 2. The lowest BCUT2D eigenvalue weighted by molar-refractivity contribution is 0.541. The quantitative estimate of drug-likeness (QED) is 0.382. The molecule has 29 heavy (non-hydrogen) atoms. The zero-order valence-corrected chi connectivity index (χ0v) is 17.2. The lowest BCUT2D eigenvalue weighted by Gasteiger charge is -2.38. The van der Waals surface area contributed by atoms with Crippen LogP contribution in [0.25, 0.3) is 32.9 Å². The molecule has 6 rings (SSSR count). The van der Waals surface area contributed by atoms with Crippen LogP contribution in [0.15, 0.2) is 54.9 Å². The van der Waals surface area contributed by atoms with Gasteiger partial charge in [0.2, 0.25) is 0 Å². The molecule has 2 nitrogen and oxygen atoms in total. The summed E-state index contributed by atoms with van der Waals surface area (Å²) >= 11 is 0. The lowest BCUT2D eigenvalue weighted by Crippen LogP contribution is -2.28. The molecule has 2 heteroatoms. The molecule has 0 aliphatic heterocycles. The van der Waals surface area contributed by atoms with Crippen molar-refractivity contribution in [1.29, 1.82) is 0 Å². The molecule has 144 valence electrons. The van der Waals surface area contributed by atoms with Crippen LogP contribution in [0.4, 0.5) is 0 Å². The van der Waals surface area contributed by atoms with E-state index in [-0.39, 0.29) is 5.41 Å². The van der Waals surface area contributed by atoms with Crippen LogP contribution in [0.5, 0.6) is 0 Å². The molecule has 2 aromatic carbocycles. The number of hydrogen-bond acceptors (Lipinski definition) is 2. The Morgan fingerprint density at radius 1 is 0.966 bits per heavy atom. The molecule has 0 unspecified atom stereocenters. The van der Waals surface area contributed by atoms with Gasteiger partial charge in [-0.2, -0.15) is 0 Å². The first-order chi connectivity index (χ1) is 14.2. The van der Waals surface area contributed by atoms with Crippen molar-refractivity contribution in [3.63, 3.8) is 0 Å². The lowest BCUT2D eigenvalue weighted by atomic mass is 9.65. The largest absolute Gasteiger partial charge is 0.254 e. The van der Waals surface area contributed by atoms with Crippen molar-refractivity contribution in [2.24, 2.45) is 5.92 Å². The highest BCUT2D eigenvalue weighted by molar-refractivity contribution is 6.05. The number of fused-ring (bicyclic) bond motifs is 6. The van der Waals surface area contributed by atoms with Crippen LogP contribution < -0.4 is 0 Å². The van der Waals surface area contributed by atoms with E-state index in [1.165, 1.54) is 69.8 Å². The summed E-state index contributed by atoms with van der Waals surface area (Å²) < 4.78 is 0. The normalized spacial score (nSPS) is 16.8. The number of rotatable bonds is 2. The van der Waals surface area contributed by atoms with Crippen molar-refractivity contribution >= 4 is 21.7 Å². The van der Waals surface area contributed by atoms with Crippen LogP contribution in [0.2, 0.25) is 0 Å². The van der Waals surface area contributed by atoms with Gasteiger partial charge in [-0.05, 0) is 58.7 Å². The second-order valence-corrected chi connectivity index (χ2v) is 9.35. The maximum absolute atomic E-state index is 5.02. The van der Waals surface area contributed by atoms with Crippen molar-refractivity contribution in [2.75, 3.05) is 0 Å². The fourth-order valence-electron chi connectivity index (χ4n) is 5.98. The van der Waals surface area contributed by atoms with Gasteiger partial charge in [-0.15, -0.1) is 0 Å². The van der Waals surface area contributed by atoms with E-state index in [4.69, 9.17) is 9.97 Å². The van der Waals surface area contributed by atoms with E-state index < -0.39 is 0 Å². The fourth-order valence-corrected chi connectivity index (χ4v) is 5.98. The van der Waals surface area contributed by atoms with Crippen molar-refractivity contribution < 1.29 is 0 Å². The molecule has 0 N–H and O–H groups in total. The van der Waals surface area contributed by atoms with Crippen LogP contribution in [0, 0.1) is 5.92 Å². The average molecular weight is 379 g/mol. The SMILES string of the molecule is CC(C)Cc1cnc2cnc3c(c2c1)C1(CCCC1)c1cccc2cccc-3c12. The van der Waals surface area contributed by atoms with Gasteiger partial charge < -0.3 is 0 Å². The second-order valence-electron chi connectivity index (χ2n) is 9.35. The summed E-state index contributed by atoms with van der Waals surface area (Å²) in [6.07, 6.45) is 10.1. The summed E-state index contributed by atoms with van der Waals surface area (Å²) in [7, 11) is 0. The smallest absolute Gasteiger partial charge is 0.0888 e. The van der Waals surface area contributed by atoms with Gasteiger partial charge in [0.05, 0.1) is 17.4 Å². The third-order valence-corrected chi connectivity index (χ3v) is 7.05. The molecule has 4 aromatic rings. The second kappa shape index (κ2) is 6.13. The van der Waals surface area contributed by atoms with E-state index in [2.05, 4.69) is 62.5 Å². The summed E-state index contributed by atoms with van der Waals surface area (Å²) in [4.78, 5) is 9.86. The highest BCUT2D eigenvalue weighted by Gasteiger charge is 2.44. The van der Waals surface area contributed by atoms with Crippen LogP contribution in [0.3, 0.4) is 0 Å². The van der Waals surface area contributed by atoms with Crippen molar-refractivity contribution in [3.05, 3.63) is 71.5 Å². The standard InChI is InChI=1S/C27H26N2/c1-17(2)13-18-14-21-23(28-15-18)16-29-26-20-9-5-7-19-8-6-10-22(24(19)20)27(25(21)26)11-3-4-12-27/h5-10,14-17H,3-4,11-13H2,1-2H3. The third-order valence-electron chi connectivity index (χ3n) is 7.05. The Bertz CT molecular complexity index is 1260. The Balaban J connectivity index is 1.76. The van der Waals surface area contributed by atoms with Crippen molar-refractivity contribution in [1.82, 2.24) is 9.97 Å². The van der Waals surface area contributed by atoms with Crippen LogP contribution in [-0.4, -0.2) is 9.97 Å². The first kappa shape index (κ1) is 17.1. The van der Waals surface area contributed by atoms with Crippen LogP contribution >= 0.6 is 0 Å². The van der Waals surface area contributed by atoms with Crippen LogP contribution in [-0.2, 0) is 11.8 Å². The number of hydrogen-bond donors (Lipinski definition) is 0. The molecule has 2 heterocycles. The highest BCUT2D eigenvalue weighted by Crippen LogP contribution is 2.56. The molecule has 2 aromatic heterocycles. The summed E-state index contributed by atoms with van der Waals surface area (Å²) in [5.74, 6) is 0.627. The maximum Gasteiger partial charge on any atom is 0.0888 e. The number of benzene rings is 2. The van der Waals surface area contributed by atoms with Gasteiger partial charge in [-0.25, -0.2) is 0 Å². The third kappa shape index (κ3) is 2.35. The molecule has 0 radical (unpaired) electrons. The summed E-state index contributed by atoms with van der Waals surface area (Å²) in [5.41, 5.74) is 7.89. The molecule has 1 saturated carbocycles. The molecule has 2 aliphatic carbocycles. The zero-order chi connectivity index (χ0) is 19.6. The van der Waals surface area contributed by atoms with Gasteiger partial charge in [0, 0.05) is 22.6 Å². The monoisotopic (exact) mass is 378 g/mol. The first-order valence-corrected chi connectivity index (χ1v) is 11.0. The van der Waals surface area contributed by atoms with Crippen LogP contribution in [0.1, 0.15) is 56.2 Å². The molecule has 0 amide bonds. The van der Waals surface area contributed by atoms with Gasteiger partial charge in [0.15, 0.2) is 0 Å². The van der Waals surface area contributed by atoms with Gasteiger partial charge in [-0.1, -0.05) is 63.1 Å². The molecule has 2 aliphatic rings. The summed E-state index contributed by atoms with van der Waals surface area (Å²) in [6.45, 7) is 4.56. The molecule has 0 bridgehead atoms. The van der Waals surface area contributed by atoms with E-state index in [9.17, 15) is 0 Å². The van der Waals surface area contributed by atoms with Crippen molar-refractivity contribution in [2.45, 2.75) is 51.4 Å². The molecular formula is C27H26N2. The van der Waals surface area contributed by atoms with E-state index in [1.807, 2.05) is 6.20 Å². The topological polar surface area (TPSA) is 25.8 Å². The Kier molecular flexibility index (Phi) is 3.62. The highest BCUT2D eigenvalue weighted by atomic mass is 14.8. The number of nitrogens with zero attached hydrogens (tertiary/aromatic N) is 2. The fraction of sp³-hybridized carbons (Fsp3) is 0.333. The maximum atomic E-state index is 5.02. The Morgan fingerprint density at radius 2 is 1.76 bits per heavy atom. The van der Waals surface area contributed by atoms with Gasteiger partial charge in [0.1, 0.15) is 0 Å². The summed E-state index contributed by atoms with van der Waals surface area (Å²) in [6, 6.07) is 16.0. The van der Waals surface area contributed by atoms with E-state index in [0.29, 0.717) is 5.92 Å². The van der Waals surface area contributed by atoms with E-state index in [0.717, 1.165) is 11.9 Å². The molecule has 0 atom stereocenters. The van der Waals surface area contributed by atoms with Gasteiger partial charge in [0.25, 0.3) is 0 Å². The molecular weight excluding hydrogens is 352 g/mol. The Hall–Kier alpha value is -2.74. The molecule has 0 saturated heterocycles. The predicted octanol–water partition coefficient (Wildman–Crippen LogP) is 6.82. The van der Waals surface area contributed by atoms with Gasteiger partial charge in [-0.3, -0.25) is 9.97 Å². The molecule has 1 spiro atoms. The van der Waals surface area contributed by atoms with Crippen molar-refractivity contribution in [3.8, 4) is 11.3 Å². The summed E-state index contributed by atoms with van der Waals surface area (Å²) in [5, 5.41) is 4.08. The average Bonchev–Trinajstić information content (AvgIpc) is 3.21. The first-order valence-electron chi connectivity index (χ1n) is 11.0.